The molecule has 0 bridgehead atoms. The number of hydrogen-bond acceptors (Lipinski definition) is 3. The van der Waals surface area contributed by atoms with Crippen LogP contribution in [0.25, 0.3) is 0 Å². The van der Waals surface area contributed by atoms with Crippen molar-refractivity contribution in [1.82, 2.24) is 10.6 Å². The predicted molar refractivity (Wildman–Crippen MR) is 53.0 cm³/mol. The van der Waals surface area contributed by atoms with Crippen LogP contribution < -0.4 is 10.6 Å². The number of rotatable bonds is 6. The Labute approximate surface area is 80.9 Å². The molecule has 5 heteroatoms. The van der Waals surface area contributed by atoms with Crippen molar-refractivity contribution in [3.63, 3.8) is 0 Å². The van der Waals surface area contributed by atoms with Crippen molar-refractivity contribution in [1.29, 1.82) is 0 Å². The minimum Gasteiger partial charge on any atom is -0.352 e. The van der Waals surface area contributed by atoms with Gasteiger partial charge in [0.1, 0.15) is 0 Å². The van der Waals surface area contributed by atoms with Crippen molar-refractivity contribution in [3.05, 3.63) is 0 Å². The van der Waals surface area contributed by atoms with E-state index >= 15 is 0 Å². The Balaban J connectivity index is 1.91. The van der Waals surface area contributed by atoms with Gasteiger partial charge in [-0.2, -0.15) is 0 Å². The second kappa shape index (κ2) is 5.34. The highest BCUT2D eigenvalue weighted by Crippen LogP contribution is 2.17. The molecular weight excluding hydrogens is 188 g/mol. The molecule has 1 aliphatic carbocycles. The molecule has 0 radical (unpaired) electrons. The van der Waals surface area contributed by atoms with Crippen molar-refractivity contribution in [2.45, 2.75) is 18.9 Å². The van der Waals surface area contributed by atoms with E-state index in [0.29, 0.717) is 24.9 Å². The quantitative estimate of drug-likeness (QED) is 0.559. The van der Waals surface area contributed by atoms with Crippen molar-refractivity contribution in [3.8, 4) is 0 Å². The van der Waals surface area contributed by atoms with Crippen LogP contribution in [-0.2, 0) is 15.6 Å². The molecule has 0 saturated heterocycles. The van der Waals surface area contributed by atoms with Gasteiger partial charge in [0.25, 0.3) is 0 Å². The van der Waals surface area contributed by atoms with Gasteiger partial charge in [-0.25, -0.2) is 0 Å². The molecule has 1 fully saturated rings. The Bertz CT molecular complexity index is 204. The fourth-order valence-electron chi connectivity index (χ4n) is 0.924. The molecule has 2 N–H and O–H groups in total. The van der Waals surface area contributed by atoms with Gasteiger partial charge in [0.05, 0.1) is 6.54 Å². The molecule has 0 spiro atoms. The van der Waals surface area contributed by atoms with Gasteiger partial charge in [0, 0.05) is 35.4 Å². The SMILES string of the molecule is CS(=O)CCNCC(=O)NC1CC1. The van der Waals surface area contributed by atoms with E-state index in [1.807, 2.05) is 0 Å². The van der Waals surface area contributed by atoms with Crippen molar-refractivity contribution >= 4 is 16.7 Å². The van der Waals surface area contributed by atoms with Gasteiger partial charge in [-0.3, -0.25) is 9.00 Å². The molecule has 1 aliphatic rings. The molecular formula is C8H16N2O2S. The summed E-state index contributed by atoms with van der Waals surface area (Å²) >= 11 is 0. The molecule has 0 aromatic rings. The largest absolute Gasteiger partial charge is 0.352 e. The number of hydrogen-bond donors (Lipinski definition) is 2. The highest BCUT2D eigenvalue weighted by molar-refractivity contribution is 7.84. The van der Waals surface area contributed by atoms with Crippen LogP contribution in [0.1, 0.15) is 12.8 Å². The molecule has 0 heterocycles. The van der Waals surface area contributed by atoms with Gasteiger partial charge < -0.3 is 10.6 Å². The van der Waals surface area contributed by atoms with Crippen molar-refractivity contribution in [2.75, 3.05) is 25.1 Å². The van der Waals surface area contributed by atoms with Gasteiger partial charge in [-0.1, -0.05) is 0 Å². The van der Waals surface area contributed by atoms with Gasteiger partial charge >= 0.3 is 0 Å². The summed E-state index contributed by atoms with van der Waals surface area (Å²) in [6.45, 7) is 0.981. The molecule has 4 nitrogen and oxygen atoms in total. The second-order valence-corrected chi connectivity index (χ2v) is 4.85. The third kappa shape index (κ3) is 5.76. The summed E-state index contributed by atoms with van der Waals surface area (Å²) in [6, 6.07) is 0.426. The normalized spacial score (nSPS) is 18.2. The molecule has 1 rings (SSSR count). The average molecular weight is 204 g/mol. The highest BCUT2D eigenvalue weighted by Gasteiger charge is 2.22. The van der Waals surface area contributed by atoms with Gasteiger partial charge in [0.15, 0.2) is 0 Å². The van der Waals surface area contributed by atoms with Crippen LogP contribution in [0.15, 0.2) is 0 Å². The van der Waals surface area contributed by atoms with Gasteiger partial charge in [-0.05, 0) is 12.8 Å². The molecule has 0 aliphatic heterocycles. The van der Waals surface area contributed by atoms with Crippen LogP contribution in [0.5, 0.6) is 0 Å². The maximum absolute atomic E-state index is 11.1. The Morgan fingerprint density at radius 3 is 2.77 bits per heavy atom. The number of carbonyl (C=O) groups is 1. The zero-order valence-corrected chi connectivity index (χ0v) is 8.65. The molecule has 1 atom stereocenters. The van der Waals surface area contributed by atoms with Crippen LogP contribution in [0.4, 0.5) is 0 Å². The fourth-order valence-corrected chi connectivity index (χ4v) is 1.36. The standard InChI is InChI=1S/C8H16N2O2S/c1-13(12)5-4-9-6-8(11)10-7-2-3-7/h7,9H,2-6H2,1H3,(H,10,11). The monoisotopic (exact) mass is 204 g/mol. The summed E-state index contributed by atoms with van der Waals surface area (Å²) in [4.78, 5) is 11.1. The maximum Gasteiger partial charge on any atom is 0.234 e. The van der Waals surface area contributed by atoms with Gasteiger partial charge in [-0.15, -0.1) is 0 Å². The van der Waals surface area contributed by atoms with Crippen molar-refractivity contribution < 1.29 is 9.00 Å². The number of nitrogens with one attached hydrogen (secondary N) is 2. The van der Waals surface area contributed by atoms with E-state index in [0.717, 1.165) is 12.8 Å². The Hall–Kier alpha value is -0.420. The topological polar surface area (TPSA) is 58.2 Å². The van der Waals surface area contributed by atoms with E-state index in [2.05, 4.69) is 10.6 Å². The van der Waals surface area contributed by atoms with Crippen LogP contribution in [0.2, 0.25) is 0 Å². The second-order valence-electron chi connectivity index (χ2n) is 3.30. The fraction of sp³-hybridized carbons (Fsp3) is 0.875. The Morgan fingerprint density at radius 2 is 2.23 bits per heavy atom. The number of carbonyl (C=O) groups excluding carboxylic acids is 1. The smallest absolute Gasteiger partial charge is 0.234 e. The molecule has 1 amide bonds. The van der Waals surface area contributed by atoms with Crippen molar-refractivity contribution in [2.24, 2.45) is 0 Å². The molecule has 1 unspecified atom stereocenters. The average Bonchev–Trinajstić information content (AvgIpc) is 2.81. The predicted octanol–water partition coefficient (Wildman–Crippen LogP) is -0.767. The molecule has 13 heavy (non-hydrogen) atoms. The zero-order valence-electron chi connectivity index (χ0n) is 7.84. The summed E-state index contributed by atoms with van der Waals surface area (Å²) in [5.74, 6) is 0.654. The van der Waals surface area contributed by atoms with E-state index in [9.17, 15) is 9.00 Å². The zero-order chi connectivity index (χ0) is 9.68. The first-order chi connectivity index (χ1) is 6.18. The highest BCUT2D eigenvalue weighted by atomic mass is 32.2. The first-order valence-electron chi connectivity index (χ1n) is 4.48. The van der Waals surface area contributed by atoms with E-state index in [1.54, 1.807) is 6.26 Å². The minimum atomic E-state index is -0.773. The summed E-state index contributed by atoms with van der Waals surface area (Å²) in [6.07, 6.45) is 3.89. The first-order valence-corrected chi connectivity index (χ1v) is 6.21. The minimum absolute atomic E-state index is 0.0457. The molecule has 0 aromatic carbocycles. The lowest BCUT2D eigenvalue weighted by Gasteiger charge is -2.03. The van der Waals surface area contributed by atoms with E-state index < -0.39 is 10.8 Å². The van der Waals surface area contributed by atoms with Crippen LogP contribution in [-0.4, -0.2) is 41.3 Å². The molecule has 76 valence electrons. The van der Waals surface area contributed by atoms with E-state index in [1.165, 1.54) is 0 Å². The maximum atomic E-state index is 11.1. The first kappa shape index (κ1) is 10.7. The summed E-state index contributed by atoms with van der Waals surface area (Å²) < 4.78 is 10.6. The Kier molecular flexibility index (Phi) is 4.38. The van der Waals surface area contributed by atoms with E-state index in [-0.39, 0.29) is 5.91 Å². The third-order valence-electron chi connectivity index (χ3n) is 1.79. The molecule has 1 saturated carbocycles. The molecule has 0 aromatic heterocycles. The lowest BCUT2D eigenvalue weighted by Crippen LogP contribution is -2.36. The third-order valence-corrected chi connectivity index (χ3v) is 2.57. The Morgan fingerprint density at radius 1 is 1.54 bits per heavy atom. The van der Waals surface area contributed by atoms with Crippen LogP contribution in [0.3, 0.4) is 0 Å². The summed E-state index contributed by atoms with van der Waals surface area (Å²) in [7, 11) is -0.773. The van der Waals surface area contributed by atoms with E-state index in [4.69, 9.17) is 0 Å². The summed E-state index contributed by atoms with van der Waals surface area (Å²) in [5.41, 5.74) is 0. The summed E-state index contributed by atoms with van der Waals surface area (Å²) in [5, 5.41) is 5.81. The number of amides is 1. The van der Waals surface area contributed by atoms with Crippen LogP contribution >= 0.6 is 0 Å². The lowest BCUT2D eigenvalue weighted by molar-refractivity contribution is -0.120. The van der Waals surface area contributed by atoms with Crippen LogP contribution in [0, 0.1) is 0 Å². The lowest BCUT2D eigenvalue weighted by atomic mass is 10.5. The van der Waals surface area contributed by atoms with Gasteiger partial charge in [0.2, 0.25) is 5.91 Å².